The van der Waals surface area contributed by atoms with E-state index in [1.807, 2.05) is 0 Å². The Hall–Kier alpha value is -0.370. The van der Waals surface area contributed by atoms with Crippen molar-refractivity contribution in [2.24, 2.45) is 0 Å². The number of hydrogen-bond acceptors (Lipinski definition) is 1. The van der Waals surface area contributed by atoms with Gasteiger partial charge in [-0.05, 0) is 7.05 Å². The van der Waals surface area contributed by atoms with Crippen LogP contribution in [0.2, 0.25) is 0 Å². The van der Waals surface area contributed by atoms with Crippen LogP contribution in [0.3, 0.4) is 0 Å². The molecule has 42 valence electrons. The van der Waals surface area contributed by atoms with Gasteiger partial charge in [0.25, 0.3) is 0 Å². The van der Waals surface area contributed by atoms with Crippen molar-refractivity contribution in [1.29, 1.82) is 0 Å². The SMILES string of the molecule is C=CCC(F)NC. The van der Waals surface area contributed by atoms with E-state index in [2.05, 4.69) is 11.9 Å². The van der Waals surface area contributed by atoms with E-state index in [1.165, 1.54) is 0 Å². The lowest BCUT2D eigenvalue weighted by molar-refractivity contribution is 0.294. The highest BCUT2D eigenvalue weighted by molar-refractivity contribution is 4.69. The highest BCUT2D eigenvalue weighted by atomic mass is 19.1. The Morgan fingerprint density at radius 3 is 2.71 bits per heavy atom. The zero-order valence-electron chi connectivity index (χ0n) is 4.45. The first kappa shape index (κ1) is 6.63. The normalized spacial score (nSPS) is 13.4. The third kappa shape index (κ3) is 3.46. The molecule has 0 bridgehead atoms. The summed E-state index contributed by atoms with van der Waals surface area (Å²) in [5, 5.41) is 2.43. The number of halogens is 1. The summed E-state index contributed by atoms with van der Waals surface area (Å²) in [6.07, 6.45) is 1.01. The molecule has 0 amide bonds. The maximum absolute atomic E-state index is 12.0. The summed E-state index contributed by atoms with van der Waals surface area (Å²) in [6.45, 7) is 3.37. The largest absolute Gasteiger partial charge is 0.291 e. The minimum absolute atomic E-state index is 0.385. The van der Waals surface area contributed by atoms with Crippen molar-refractivity contribution in [2.75, 3.05) is 7.05 Å². The third-order valence-electron chi connectivity index (χ3n) is 0.687. The average Bonchev–Trinajstić information content (AvgIpc) is 1.68. The maximum Gasteiger partial charge on any atom is 0.154 e. The second-order valence-electron chi connectivity index (χ2n) is 1.28. The van der Waals surface area contributed by atoms with Crippen LogP contribution in [0.25, 0.3) is 0 Å². The minimum atomic E-state index is -0.919. The van der Waals surface area contributed by atoms with Crippen LogP contribution in [-0.4, -0.2) is 13.3 Å². The molecule has 0 fully saturated rings. The number of rotatable bonds is 3. The van der Waals surface area contributed by atoms with Crippen LogP contribution in [0.1, 0.15) is 6.42 Å². The third-order valence-corrected chi connectivity index (χ3v) is 0.687. The van der Waals surface area contributed by atoms with E-state index in [4.69, 9.17) is 0 Å². The zero-order chi connectivity index (χ0) is 5.70. The fourth-order valence-electron chi connectivity index (χ4n) is 0.264. The standard InChI is InChI=1S/C5H10FN/c1-3-4-5(6)7-2/h3,5,7H,1,4H2,2H3. The van der Waals surface area contributed by atoms with Crippen LogP contribution in [-0.2, 0) is 0 Å². The van der Waals surface area contributed by atoms with Crippen molar-refractivity contribution in [3.8, 4) is 0 Å². The van der Waals surface area contributed by atoms with Gasteiger partial charge in [0.2, 0.25) is 0 Å². The molecule has 0 aromatic carbocycles. The van der Waals surface area contributed by atoms with Crippen molar-refractivity contribution in [2.45, 2.75) is 12.7 Å². The monoisotopic (exact) mass is 103 g/mol. The summed E-state index contributed by atoms with van der Waals surface area (Å²) in [4.78, 5) is 0. The molecule has 1 unspecified atom stereocenters. The van der Waals surface area contributed by atoms with Gasteiger partial charge >= 0.3 is 0 Å². The van der Waals surface area contributed by atoms with Crippen LogP contribution < -0.4 is 5.32 Å². The van der Waals surface area contributed by atoms with E-state index >= 15 is 0 Å². The number of nitrogens with one attached hydrogen (secondary N) is 1. The molecule has 0 aliphatic carbocycles. The van der Waals surface area contributed by atoms with Crippen LogP contribution in [0, 0.1) is 0 Å². The van der Waals surface area contributed by atoms with E-state index in [0.29, 0.717) is 6.42 Å². The second kappa shape index (κ2) is 3.81. The van der Waals surface area contributed by atoms with Gasteiger partial charge in [-0.2, -0.15) is 0 Å². The van der Waals surface area contributed by atoms with Crippen molar-refractivity contribution >= 4 is 0 Å². The lowest BCUT2D eigenvalue weighted by Crippen LogP contribution is -2.17. The van der Waals surface area contributed by atoms with Crippen molar-refractivity contribution in [3.05, 3.63) is 12.7 Å². The second-order valence-corrected chi connectivity index (χ2v) is 1.28. The van der Waals surface area contributed by atoms with Gasteiger partial charge in [0.1, 0.15) is 0 Å². The molecule has 0 saturated heterocycles. The molecule has 0 rings (SSSR count). The molecule has 0 aliphatic heterocycles. The molecule has 0 aromatic rings. The smallest absolute Gasteiger partial charge is 0.154 e. The molecule has 0 radical (unpaired) electrons. The van der Waals surface area contributed by atoms with Crippen LogP contribution in [0.4, 0.5) is 4.39 Å². The predicted molar refractivity (Wildman–Crippen MR) is 28.8 cm³/mol. The van der Waals surface area contributed by atoms with Gasteiger partial charge in [-0.1, -0.05) is 6.08 Å². The molecule has 0 saturated carbocycles. The molecule has 0 aromatic heterocycles. The van der Waals surface area contributed by atoms with E-state index in [1.54, 1.807) is 13.1 Å². The van der Waals surface area contributed by atoms with Crippen molar-refractivity contribution in [3.63, 3.8) is 0 Å². The summed E-state index contributed by atoms with van der Waals surface area (Å²) in [6, 6.07) is 0. The predicted octanol–water partition coefficient (Wildman–Crippen LogP) is 1.08. The van der Waals surface area contributed by atoms with Gasteiger partial charge in [-0.3, -0.25) is 5.32 Å². The zero-order valence-corrected chi connectivity index (χ0v) is 4.45. The fourth-order valence-corrected chi connectivity index (χ4v) is 0.264. The van der Waals surface area contributed by atoms with Crippen LogP contribution in [0.15, 0.2) is 12.7 Å². The molecule has 1 atom stereocenters. The summed E-state index contributed by atoms with van der Waals surface area (Å²) < 4.78 is 12.0. The Bertz CT molecular complexity index is 54.0. The van der Waals surface area contributed by atoms with Gasteiger partial charge in [-0.15, -0.1) is 6.58 Å². The van der Waals surface area contributed by atoms with Gasteiger partial charge in [0, 0.05) is 6.42 Å². The Morgan fingerprint density at radius 2 is 2.57 bits per heavy atom. The number of hydrogen-bond donors (Lipinski definition) is 1. The molecular formula is C5H10FN. The van der Waals surface area contributed by atoms with E-state index in [0.717, 1.165) is 0 Å². The first-order valence-electron chi connectivity index (χ1n) is 2.23. The Kier molecular flexibility index (Phi) is 3.61. The first-order valence-corrected chi connectivity index (χ1v) is 2.23. The lowest BCUT2D eigenvalue weighted by Gasteiger charge is -1.98. The molecule has 0 spiro atoms. The Morgan fingerprint density at radius 1 is 2.00 bits per heavy atom. The molecule has 1 N–H and O–H groups in total. The van der Waals surface area contributed by atoms with Gasteiger partial charge in [-0.25, -0.2) is 4.39 Å². The molecule has 7 heavy (non-hydrogen) atoms. The summed E-state index contributed by atoms with van der Waals surface area (Å²) in [7, 11) is 1.58. The van der Waals surface area contributed by atoms with Gasteiger partial charge in [0.15, 0.2) is 6.30 Å². The summed E-state index contributed by atoms with van der Waals surface area (Å²) >= 11 is 0. The van der Waals surface area contributed by atoms with Gasteiger partial charge in [0.05, 0.1) is 0 Å². The maximum atomic E-state index is 12.0. The fraction of sp³-hybridized carbons (Fsp3) is 0.600. The molecule has 0 heterocycles. The van der Waals surface area contributed by atoms with E-state index in [-0.39, 0.29) is 0 Å². The Labute approximate surface area is 43.2 Å². The van der Waals surface area contributed by atoms with E-state index < -0.39 is 6.30 Å². The average molecular weight is 103 g/mol. The molecule has 2 heteroatoms. The lowest BCUT2D eigenvalue weighted by atomic mass is 10.4. The highest BCUT2D eigenvalue weighted by Crippen LogP contribution is 1.89. The van der Waals surface area contributed by atoms with Gasteiger partial charge < -0.3 is 0 Å². The summed E-state index contributed by atoms with van der Waals surface area (Å²) in [5.41, 5.74) is 0. The Balaban J connectivity index is 2.98. The first-order chi connectivity index (χ1) is 3.31. The minimum Gasteiger partial charge on any atom is -0.291 e. The molecule has 1 nitrogen and oxygen atoms in total. The quantitative estimate of drug-likeness (QED) is 0.416. The highest BCUT2D eigenvalue weighted by Gasteiger charge is 1.94. The van der Waals surface area contributed by atoms with Crippen molar-refractivity contribution < 1.29 is 4.39 Å². The van der Waals surface area contributed by atoms with E-state index in [9.17, 15) is 4.39 Å². The molecular weight excluding hydrogens is 93.1 g/mol. The number of alkyl halides is 1. The van der Waals surface area contributed by atoms with Crippen LogP contribution >= 0.6 is 0 Å². The van der Waals surface area contributed by atoms with Crippen molar-refractivity contribution in [1.82, 2.24) is 5.32 Å². The molecule has 0 aliphatic rings. The van der Waals surface area contributed by atoms with Crippen LogP contribution in [0.5, 0.6) is 0 Å². The summed E-state index contributed by atoms with van der Waals surface area (Å²) in [5.74, 6) is 0. The topological polar surface area (TPSA) is 12.0 Å².